The van der Waals surface area contributed by atoms with E-state index in [-0.39, 0.29) is 12.5 Å². The van der Waals surface area contributed by atoms with Crippen molar-refractivity contribution in [3.63, 3.8) is 0 Å². The molecular formula is C13H25F3N2. The molecule has 3 atom stereocenters. The zero-order chi connectivity index (χ0) is 13.8. The first-order chi connectivity index (χ1) is 8.30. The van der Waals surface area contributed by atoms with E-state index in [9.17, 15) is 13.2 Å². The molecule has 0 aromatic carbocycles. The molecule has 0 spiro atoms. The molecule has 0 saturated heterocycles. The van der Waals surface area contributed by atoms with Gasteiger partial charge in [0.15, 0.2) is 0 Å². The third-order valence-electron chi connectivity index (χ3n) is 3.69. The highest BCUT2D eigenvalue weighted by molar-refractivity contribution is 4.87. The minimum absolute atomic E-state index is 0.139. The van der Waals surface area contributed by atoms with Crippen LogP contribution in [0.1, 0.15) is 39.0 Å². The molecule has 3 unspecified atom stereocenters. The van der Waals surface area contributed by atoms with Crippen molar-refractivity contribution in [3.8, 4) is 0 Å². The first-order valence-corrected chi connectivity index (χ1v) is 6.78. The van der Waals surface area contributed by atoms with Gasteiger partial charge in [-0.2, -0.15) is 13.2 Å². The fraction of sp³-hybridized carbons (Fsp3) is 1.00. The van der Waals surface area contributed by atoms with Gasteiger partial charge in [-0.1, -0.05) is 12.8 Å². The van der Waals surface area contributed by atoms with Crippen LogP contribution in [0.3, 0.4) is 0 Å². The second kappa shape index (κ2) is 6.75. The Morgan fingerprint density at radius 2 is 1.83 bits per heavy atom. The number of hydrogen-bond donors (Lipinski definition) is 1. The second-order valence-electron chi connectivity index (χ2n) is 5.70. The first kappa shape index (κ1) is 15.8. The van der Waals surface area contributed by atoms with Crippen LogP contribution < -0.4 is 5.32 Å². The molecular weight excluding hydrogens is 241 g/mol. The van der Waals surface area contributed by atoms with Crippen LogP contribution in [0.5, 0.6) is 0 Å². The molecule has 2 nitrogen and oxygen atoms in total. The fourth-order valence-electron chi connectivity index (χ4n) is 2.62. The van der Waals surface area contributed by atoms with Crippen molar-refractivity contribution in [2.75, 3.05) is 20.6 Å². The van der Waals surface area contributed by atoms with Crippen molar-refractivity contribution in [1.29, 1.82) is 0 Å². The van der Waals surface area contributed by atoms with Gasteiger partial charge in [0.2, 0.25) is 0 Å². The van der Waals surface area contributed by atoms with Gasteiger partial charge in [-0.3, -0.25) is 0 Å². The summed E-state index contributed by atoms with van der Waals surface area (Å²) in [4.78, 5) is 2.06. The molecule has 0 aliphatic heterocycles. The summed E-state index contributed by atoms with van der Waals surface area (Å²) in [6.07, 6.45) is -0.634. The zero-order valence-corrected chi connectivity index (χ0v) is 11.6. The standard InChI is InChI=1S/C13H25F3N2/c1-10(8-9-18(2)3)17-12-7-5-4-6-11(12)13(14,15)16/h10-12,17H,4-9H2,1-3H3. The van der Waals surface area contributed by atoms with Crippen LogP contribution in [0.4, 0.5) is 13.2 Å². The zero-order valence-electron chi connectivity index (χ0n) is 11.6. The van der Waals surface area contributed by atoms with Gasteiger partial charge in [-0.15, -0.1) is 0 Å². The predicted octanol–water partition coefficient (Wildman–Crippen LogP) is 3.04. The van der Waals surface area contributed by atoms with Crippen LogP contribution in [0.25, 0.3) is 0 Å². The topological polar surface area (TPSA) is 15.3 Å². The number of halogens is 3. The number of rotatable bonds is 5. The molecule has 1 N–H and O–H groups in total. The monoisotopic (exact) mass is 266 g/mol. The Bertz CT molecular complexity index is 241. The first-order valence-electron chi connectivity index (χ1n) is 6.78. The molecule has 5 heteroatoms. The van der Waals surface area contributed by atoms with Crippen molar-refractivity contribution >= 4 is 0 Å². The molecule has 1 aliphatic rings. The van der Waals surface area contributed by atoms with Crippen LogP contribution in [0, 0.1) is 5.92 Å². The third kappa shape index (κ3) is 5.14. The molecule has 1 saturated carbocycles. The summed E-state index contributed by atoms with van der Waals surface area (Å²) in [5.41, 5.74) is 0. The minimum Gasteiger partial charge on any atom is -0.311 e. The Labute approximate surface area is 108 Å². The average molecular weight is 266 g/mol. The molecule has 0 aromatic rings. The van der Waals surface area contributed by atoms with Gasteiger partial charge in [-0.05, 0) is 46.8 Å². The van der Waals surface area contributed by atoms with E-state index in [0.29, 0.717) is 12.8 Å². The van der Waals surface area contributed by atoms with E-state index in [1.54, 1.807) is 0 Å². The van der Waals surface area contributed by atoms with E-state index in [0.717, 1.165) is 19.4 Å². The molecule has 1 rings (SSSR count). The maximum atomic E-state index is 12.9. The summed E-state index contributed by atoms with van der Waals surface area (Å²) < 4.78 is 38.7. The molecule has 1 aliphatic carbocycles. The van der Waals surface area contributed by atoms with Gasteiger partial charge >= 0.3 is 6.18 Å². The largest absolute Gasteiger partial charge is 0.393 e. The molecule has 108 valence electrons. The van der Waals surface area contributed by atoms with Crippen LogP contribution >= 0.6 is 0 Å². The Morgan fingerprint density at radius 1 is 1.22 bits per heavy atom. The highest BCUT2D eigenvalue weighted by atomic mass is 19.4. The van der Waals surface area contributed by atoms with Crippen LogP contribution in [-0.4, -0.2) is 43.8 Å². The van der Waals surface area contributed by atoms with Crippen LogP contribution in [0.2, 0.25) is 0 Å². The maximum Gasteiger partial charge on any atom is 0.393 e. The molecule has 18 heavy (non-hydrogen) atoms. The van der Waals surface area contributed by atoms with Crippen molar-refractivity contribution < 1.29 is 13.2 Å². The third-order valence-corrected chi connectivity index (χ3v) is 3.69. The molecule has 0 heterocycles. The van der Waals surface area contributed by atoms with Gasteiger partial charge in [0.25, 0.3) is 0 Å². The predicted molar refractivity (Wildman–Crippen MR) is 67.6 cm³/mol. The van der Waals surface area contributed by atoms with Gasteiger partial charge in [-0.25, -0.2) is 0 Å². The summed E-state index contributed by atoms with van der Waals surface area (Å²) >= 11 is 0. The van der Waals surface area contributed by atoms with Crippen molar-refractivity contribution in [1.82, 2.24) is 10.2 Å². The molecule has 0 amide bonds. The summed E-state index contributed by atoms with van der Waals surface area (Å²) in [6, 6.07) is -0.253. The summed E-state index contributed by atoms with van der Waals surface area (Å²) in [5.74, 6) is -1.16. The molecule has 0 bridgehead atoms. The number of nitrogens with one attached hydrogen (secondary N) is 1. The Kier molecular flexibility index (Phi) is 5.92. The lowest BCUT2D eigenvalue weighted by Crippen LogP contribution is -2.48. The summed E-state index contributed by atoms with van der Waals surface area (Å²) in [6.45, 7) is 2.88. The lowest BCUT2D eigenvalue weighted by atomic mass is 9.83. The van der Waals surface area contributed by atoms with Gasteiger partial charge in [0.1, 0.15) is 0 Å². The molecule has 0 radical (unpaired) electrons. The molecule has 1 fully saturated rings. The number of alkyl halides is 3. The van der Waals surface area contributed by atoms with E-state index in [1.807, 2.05) is 21.0 Å². The quantitative estimate of drug-likeness (QED) is 0.823. The summed E-state index contributed by atoms with van der Waals surface area (Å²) in [5, 5.41) is 3.18. The van der Waals surface area contributed by atoms with E-state index >= 15 is 0 Å². The van der Waals surface area contributed by atoms with E-state index in [4.69, 9.17) is 0 Å². The normalized spacial score (nSPS) is 27.5. The number of hydrogen-bond acceptors (Lipinski definition) is 2. The fourth-order valence-corrected chi connectivity index (χ4v) is 2.62. The summed E-state index contributed by atoms with van der Waals surface area (Å²) in [7, 11) is 3.96. The highest BCUT2D eigenvalue weighted by Gasteiger charge is 2.45. The van der Waals surface area contributed by atoms with Gasteiger partial charge in [0, 0.05) is 12.1 Å². The molecule has 0 aromatic heterocycles. The lowest BCUT2D eigenvalue weighted by molar-refractivity contribution is -0.189. The highest BCUT2D eigenvalue weighted by Crippen LogP contribution is 2.37. The van der Waals surface area contributed by atoms with Crippen molar-refractivity contribution in [3.05, 3.63) is 0 Å². The number of nitrogens with zero attached hydrogens (tertiary/aromatic N) is 1. The van der Waals surface area contributed by atoms with E-state index in [2.05, 4.69) is 10.2 Å². The van der Waals surface area contributed by atoms with E-state index < -0.39 is 18.1 Å². The Balaban J connectivity index is 2.46. The van der Waals surface area contributed by atoms with Gasteiger partial charge < -0.3 is 10.2 Å². The van der Waals surface area contributed by atoms with Crippen LogP contribution in [0.15, 0.2) is 0 Å². The second-order valence-corrected chi connectivity index (χ2v) is 5.70. The van der Waals surface area contributed by atoms with Crippen molar-refractivity contribution in [2.45, 2.75) is 57.3 Å². The Hall–Kier alpha value is -0.290. The van der Waals surface area contributed by atoms with E-state index in [1.165, 1.54) is 0 Å². The van der Waals surface area contributed by atoms with Crippen molar-refractivity contribution in [2.24, 2.45) is 5.92 Å². The SMILES string of the molecule is CC(CCN(C)C)NC1CCCCC1C(F)(F)F. The lowest BCUT2D eigenvalue weighted by Gasteiger charge is -2.35. The van der Waals surface area contributed by atoms with Crippen LogP contribution in [-0.2, 0) is 0 Å². The van der Waals surface area contributed by atoms with Gasteiger partial charge in [0.05, 0.1) is 5.92 Å². The maximum absolute atomic E-state index is 12.9. The Morgan fingerprint density at radius 3 is 2.39 bits per heavy atom. The smallest absolute Gasteiger partial charge is 0.311 e. The minimum atomic E-state index is -4.06. The average Bonchev–Trinajstić information content (AvgIpc) is 2.25.